The SMILES string of the molecule is CCNC(=NCc1ccc(C)cc1OCC(F)(F)F)NCCCC(=O)NC1CC1. The first-order valence-corrected chi connectivity index (χ1v) is 9.87. The topological polar surface area (TPSA) is 74.8 Å². The van der Waals surface area contributed by atoms with E-state index >= 15 is 0 Å². The summed E-state index contributed by atoms with van der Waals surface area (Å²) < 4.78 is 42.4. The van der Waals surface area contributed by atoms with Crippen LogP contribution in [-0.4, -0.2) is 43.8 Å². The molecule has 6 nitrogen and oxygen atoms in total. The first kappa shape index (κ1) is 22.8. The second-order valence-electron chi connectivity index (χ2n) is 7.08. The van der Waals surface area contributed by atoms with Crippen molar-refractivity contribution in [2.45, 2.75) is 58.3 Å². The summed E-state index contributed by atoms with van der Waals surface area (Å²) in [4.78, 5) is 16.1. The van der Waals surface area contributed by atoms with E-state index in [1.165, 1.54) is 0 Å². The number of hydrogen-bond acceptors (Lipinski definition) is 3. The van der Waals surface area contributed by atoms with Crippen molar-refractivity contribution in [2.24, 2.45) is 4.99 Å². The Labute approximate surface area is 169 Å². The number of alkyl halides is 3. The standard InChI is InChI=1S/C20H29F3N4O2/c1-3-24-19(25-10-4-5-18(28)27-16-8-9-16)26-12-15-7-6-14(2)11-17(15)29-13-20(21,22)23/h6-7,11,16H,3-5,8-10,12-13H2,1-2H3,(H,27,28)(H2,24,25,26). The number of carbonyl (C=O) groups is 1. The number of aliphatic imine (C=N–C) groups is 1. The van der Waals surface area contributed by atoms with Crippen molar-refractivity contribution >= 4 is 11.9 Å². The number of guanidine groups is 1. The molecule has 0 spiro atoms. The number of aryl methyl sites for hydroxylation is 1. The second kappa shape index (κ2) is 10.9. The highest BCUT2D eigenvalue weighted by Crippen LogP contribution is 2.24. The maximum atomic E-state index is 12.5. The molecule has 9 heteroatoms. The largest absolute Gasteiger partial charge is 0.484 e. The molecule has 0 saturated heterocycles. The molecule has 0 bridgehead atoms. The number of carbonyl (C=O) groups excluding carboxylic acids is 1. The van der Waals surface area contributed by atoms with Gasteiger partial charge in [-0.25, -0.2) is 4.99 Å². The fourth-order valence-electron chi connectivity index (χ4n) is 2.58. The fraction of sp³-hybridized carbons (Fsp3) is 0.600. The van der Waals surface area contributed by atoms with Crippen LogP contribution in [-0.2, 0) is 11.3 Å². The van der Waals surface area contributed by atoms with Gasteiger partial charge in [-0.2, -0.15) is 13.2 Å². The third-order valence-corrected chi connectivity index (χ3v) is 4.18. The Bertz CT molecular complexity index is 703. The molecule has 1 aromatic carbocycles. The summed E-state index contributed by atoms with van der Waals surface area (Å²) in [5.74, 6) is 0.776. The Hall–Kier alpha value is -2.45. The number of nitrogens with one attached hydrogen (secondary N) is 3. The Kier molecular flexibility index (Phi) is 8.60. The Morgan fingerprint density at radius 1 is 1.28 bits per heavy atom. The van der Waals surface area contributed by atoms with E-state index in [9.17, 15) is 18.0 Å². The molecule has 1 aliphatic carbocycles. The van der Waals surface area contributed by atoms with Gasteiger partial charge < -0.3 is 20.7 Å². The van der Waals surface area contributed by atoms with Gasteiger partial charge in [0, 0.05) is 31.1 Å². The van der Waals surface area contributed by atoms with Crippen LogP contribution in [0.15, 0.2) is 23.2 Å². The molecule has 0 unspecified atom stereocenters. The van der Waals surface area contributed by atoms with Gasteiger partial charge in [-0.15, -0.1) is 0 Å². The third kappa shape index (κ3) is 9.54. The second-order valence-corrected chi connectivity index (χ2v) is 7.08. The molecular weight excluding hydrogens is 385 g/mol. The van der Waals surface area contributed by atoms with Gasteiger partial charge in [0.2, 0.25) is 5.91 Å². The lowest BCUT2D eigenvalue weighted by Crippen LogP contribution is -2.38. The van der Waals surface area contributed by atoms with E-state index in [-0.39, 0.29) is 18.2 Å². The minimum Gasteiger partial charge on any atom is -0.484 e. The first-order chi connectivity index (χ1) is 13.8. The molecule has 1 saturated carbocycles. The molecule has 162 valence electrons. The highest BCUT2D eigenvalue weighted by atomic mass is 19.4. The minimum atomic E-state index is -4.40. The molecule has 0 aliphatic heterocycles. The van der Waals surface area contributed by atoms with Crippen molar-refractivity contribution in [3.63, 3.8) is 0 Å². The first-order valence-electron chi connectivity index (χ1n) is 9.87. The van der Waals surface area contributed by atoms with Crippen molar-refractivity contribution in [2.75, 3.05) is 19.7 Å². The van der Waals surface area contributed by atoms with Crippen molar-refractivity contribution < 1.29 is 22.7 Å². The third-order valence-electron chi connectivity index (χ3n) is 4.18. The van der Waals surface area contributed by atoms with Crippen molar-refractivity contribution in [1.29, 1.82) is 0 Å². The van der Waals surface area contributed by atoms with Crippen LogP contribution in [0.2, 0.25) is 0 Å². The molecule has 0 atom stereocenters. The van der Waals surface area contributed by atoms with Crippen LogP contribution < -0.4 is 20.7 Å². The van der Waals surface area contributed by atoms with E-state index in [2.05, 4.69) is 20.9 Å². The number of rotatable bonds is 10. The molecule has 2 rings (SSSR count). The zero-order valence-electron chi connectivity index (χ0n) is 16.9. The number of halogens is 3. The van der Waals surface area contributed by atoms with E-state index < -0.39 is 12.8 Å². The van der Waals surface area contributed by atoms with E-state index in [4.69, 9.17) is 4.74 Å². The van der Waals surface area contributed by atoms with Gasteiger partial charge in [-0.1, -0.05) is 12.1 Å². The lowest BCUT2D eigenvalue weighted by Gasteiger charge is -2.14. The van der Waals surface area contributed by atoms with Crippen LogP contribution in [0.4, 0.5) is 13.2 Å². The molecule has 29 heavy (non-hydrogen) atoms. The zero-order valence-corrected chi connectivity index (χ0v) is 16.9. The average Bonchev–Trinajstić information content (AvgIpc) is 3.45. The number of ether oxygens (including phenoxy) is 1. The minimum absolute atomic E-state index is 0.0577. The highest BCUT2D eigenvalue weighted by Gasteiger charge is 2.28. The number of benzene rings is 1. The van der Waals surface area contributed by atoms with Crippen LogP contribution in [0.5, 0.6) is 5.75 Å². The van der Waals surface area contributed by atoms with E-state index in [1.54, 1.807) is 19.1 Å². The molecule has 0 radical (unpaired) electrons. The van der Waals surface area contributed by atoms with Gasteiger partial charge in [0.1, 0.15) is 5.75 Å². The Morgan fingerprint density at radius 3 is 2.69 bits per heavy atom. The number of amides is 1. The van der Waals surface area contributed by atoms with E-state index in [0.29, 0.717) is 43.5 Å². The summed E-state index contributed by atoms with van der Waals surface area (Å²) in [5.41, 5.74) is 1.38. The zero-order chi connectivity index (χ0) is 21.3. The van der Waals surface area contributed by atoms with Crippen LogP contribution in [0.25, 0.3) is 0 Å². The van der Waals surface area contributed by atoms with Crippen molar-refractivity contribution in [3.8, 4) is 5.75 Å². The van der Waals surface area contributed by atoms with E-state index in [1.807, 2.05) is 13.0 Å². The van der Waals surface area contributed by atoms with Gasteiger partial charge in [0.15, 0.2) is 12.6 Å². The maximum Gasteiger partial charge on any atom is 0.422 e. The summed E-state index contributed by atoms with van der Waals surface area (Å²) >= 11 is 0. The molecule has 1 amide bonds. The average molecular weight is 414 g/mol. The van der Waals surface area contributed by atoms with Crippen LogP contribution in [0.1, 0.15) is 43.7 Å². The smallest absolute Gasteiger partial charge is 0.422 e. The number of nitrogens with zero attached hydrogens (tertiary/aromatic N) is 1. The van der Waals surface area contributed by atoms with E-state index in [0.717, 1.165) is 18.4 Å². The molecular formula is C20H29F3N4O2. The summed E-state index contributed by atoms with van der Waals surface area (Å²) in [6.45, 7) is 3.75. The molecule has 1 aliphatic rings. The highest BCUT2D eigenvalue weighted by molar-refractivity contribution is 5.80. The summed E-state index contributed by atoms with van der Waals surface area (Å²) in [6.07, 6.45) is -1.17. The predicted molar refractivity (Wildman–Crippen MR) is 106 cm³/mol. The maximum absolute atomic E-state index is 12.5. The summed E-state index contributed by atoms with van der Waals surface area (Å²) in [7, 11) is 0. The Morgan fingerprint density at radius 2 is 2.03 bits per heavy atom. The number of hydrogen-bond donors (Lipinski definition) is 3. The lowest BCUT2D eigenvalue weighted by atomic mass is 10.1. The van der Waals surface area contributed by atoms with Crippen molar-refractivity contribution in [1.82, 2.24) is 16.0 Å². The fourth-order valence-corrected chi connectivity index (χ4v) is 2.58. The normalized spacial score (nSPS) is 14.4. The molecule has 0 heterocycles. The van der Waals surface area contributed by atoms with Crippen LogP contribution in [0.3, 0.4) is 0 Å². The predicted octanol–water partition coefficient (Wildman–Crippen LogP) is 3.05. The van der Waals surface area contributed by atoms with Crippen LogP contribution >= 0.6 is 0 Å². The van der Waals surface area contributed by atoms with Gasteiger partial charge in [0.25, 0.3) is 0 Å². The molecule has 3 N–H and O–H groups in total. The van der Waals surface area contributed by atoms with Crippen molar-refractivity contribution in [3.05, 3.63) is 29.3 Å². The monoisotopic (exact) mass is 414 g/mol. The van der Waals surface area contributed by atoms with Gasteiger partial charge in [0.05, 0.1) is 6.54 Å². The Balaban J connectivity index is 1.88. The molecule has 1 fully saturated rings. The lowest BCUT2D eigenvalue weighted by molar-refractivity contribution is -0.153. The van der Waals surface area contributed by atoms with Gasteiger partial charge in [-0.3, -0.25) is 4.79 Å². The molecule has 0 aromatic heterocycles. The quantitative estimate of drug-likeness (QED) is 0.313. The summed E-state index contributed by atoms with van der Waals surface area (Å²) in [5, 5.41) is 9.17. The summed E-state index contributed by atoms with van der Waals surface area (Å²) in [6, 6.07) is 5.47. The van der Waals surface area contributed by atoms with Gasteiger partial charge in [-0.05, 0) is 44.7 Å². The van der Waals surface area contributed by atoms with Gasteiger partial charge >= 0.3 is 6.18 Å². The molecule has 1 aromatic rings. The van der Waals surface area contributed by atoms with Crippen LogP contribution in [0, 0.1) is 6.92 Å².